The van der Waals surface area contributed by atoms with Crippen molar-refractivity contribution in [3.05, 3.63) is 92.9 Å². The summed E-state index contributed by atoms with van der Waals surface area (Å²) in [6.45, 7) is 3.85. The van der Waals surface area contributed by atoms with Gasteiger partial charge in [0.2, 0.25) is 0 Å². The Hall–Kier alpha value is -2.15. The lowest BCUT2D eigenvalue weighted by Crippen LogP contribution is -2.48. The maximum atomic E-state index is 13.6. The molecule has 4 nitrogen and oxygen atoms in total. The highest BCUT2D eigenvalue weighted by molar-refractivity contribution is 9.10. The molecule has 148 valence electrons. The van der Waals surface area contributed by atoms with Crippen LogP contribution in [0, 0.1) is 6.92 Å². The lowest BCUT2D eigenvalue weighted by atomic mass is 9.93. The smallest absolute Gasteiger partial charge is 0.332 e. The minimum absolute atomic E-state index is 0.272. The van der Waals surface area contributed by atoms with Crippen molar-refractivity contribution < 1.29 is 9.90 Å². The molecular weight excluding hydrogens is 496 g/mol. The van der Waals surface area contributed by atoms with E-state index in [1.165, 1.54) is 4.90 Å². The van der Waals surface area contributed by atoms with E-state index in [0.717, 1.165) is 20.2 Å². The number of urea groups is 1. The van der Waals surface area contributed by atoms with Gasteiger partial charge in [-0.05, 0) is 62.4 Å². The number of aryl methyl sites for hydroxylation is 1. The van der Waals surface area contributed by atoms with E-state index in [9.17, 15) is 9.90 Å². The largest absolute Gasteiger partial charge is 0.365 e. The van der Waals surface area contributed by atoms with Crippen molar-refractivity contribution in [2.75, 3.05) is 9.80 Å². The zero-order chi connectivity index (χ0) is 20.8. The summed E-state index contributed by atoms with van der Waals surface area (Å²) in [6, 6.07) is 21.8. The Balaban J connectivity index is 1.90. The van der Waals surface area contributed by atoms with Gasteiger partial charge in [-0.3, -0.25) is 9.80 Å². The van der Waals surface area contributed by atoms with Crippen LogP contribution in [0.5, 0.6) is 0 Å². The molecule has 1 N–H and O–H groups in total. The van der Waals surface area contributed by atoms with Gasteiger partial charge in [-0.2, -0.15) is 0 Å². The van der Waals surface area contributed by atoms with Crippen LogP contribution in [-0.4, -0.2) is 17.2 Å². The van der Waals surface area contributed by atoms with Gasteiger partial charge in [0.1, 0.15) is 0 Å². The van der Waals surface area contributed by atoms with Crippen molar-refractivity contribution in [3.8, 4) is 0 Å². The van der Waals surface area contributed by atoms with Crippen LogP contribution in [0.4, 0.5) is 16.2 Å². The van der Waals surface area contributed by atoms with Crippen LogP contribution >= 0.6 is 31.9 Å². The summed E-state index contributed by atoms with van der Waals surface area (Å²) in [5, 5.41) is 12.0. The van der Waals surface area contributed by atoms with Crippen LogP contribution < -0.4 is 9.80 Å². The lowest BCUT2D eigenvalue weighted by molar-refractivity contribution is 0.0371. The Morgan fingerprint density at radius 3 is 2.00 bits per heavy atom. The van der Waals surface area contributed by atoms with Gasteiger partial charge in [0.15, 0.2) is 5.72 Å². The molecule has 3 aromatic rings. The van der Waals surface area contributed by atoms with Gasteiger partial charge in [-0.25, -0.2) is 4.79 Å². The van der Waals surface area contributed by atoms with Crippen LogP contribution in [-0.2, 0) is 5.72 Å². The summed E-state index contributed by atoms with van der Waals surface area (Å²) < 4.78 is 1.84. The van der Waals surface area contributed by atoms with Crippen molar-refractivity contribution in [2.45, 2.75) is 25.6 Å². The number of benzene rings is 3. The first-order valence-corrected chi connectivity index (χ1v) is 10.8. The number of halogens is 2. The van der Waals surface area contributed by atoms with Crippen molar-refractivity contribution >= 4 is 49.3 Å². The van der Waals surface area contributed by atoms with Gasteiger partial charge in [0.25, 0.3) is 0 Å². The van der Waals surface area contributed by atoms with Crippen LogP contribution in [0.1, 0.15) is 18.1 Å². The molecule has 3 aromatic carbocycles. The fourth-order valence-corrected chi connectivity index (χ4v) is 4.39. The molecule has 1 aliphatic heterocycles. The van der Waals surface area contributed by atoms with Crippen LogP contribution in [0.15, 0.2) is 81.7 Å². The van der Waals surface area contributed by atoms with E-state index in [1.807, 2.05) is 86.6 Å². The van der Waals surface area contributed by atoms with E-state index in [-0.39, 0.29) is 6.03 Å². The second-order valence-electron chi connectivity index (χ2n) is 7.21. The Morgan fingerprint density at radius 2 is 1.45 bits per heavy atom. The predicted molar refractivity (Wildman–Crippen MR) is 123 cm³/mol. The van der Waals surface area contributed by atoms with Gasteiger partial charge in [-0.1, -0.05) is 61.7 Å². The summed E-state index contributed by atoms with van der Waals surface area (Å²) in [6.07, 6.45) is 0. The Bertz CT molecular complexity index is 1050. The Kier molecular flexibility index (Phi) is 5.27. The number of hydrogen-bond donors (Lipinski definition) is 1. The monoisotopic (exact) mass is 514 g/mol. The highest BCUT2D eigenvalue weighted by Crippen LogP contribution is 2.44. The molecule has 0 saturated carbocycles. The summed E-state index contributed by atoms with van der Waals surface area (Å²) in [5.41, 5.74) is 1.55. The van der Waals surface area contributed by atoms with Gasteiger partial charge < -0.3 is 5.11 Å². The molecule has 1 heterocycles. The molecule has 1 aliphatic rings. The maximum absolute atomic E-state index is 13.6. The number of rotatable bonds is 3. The Morgan fingerprint density at radius 1 is 0.897 bits per heavy atom. The molecule has 0 radical (unpaired) electrons. The van der Waals surface area contributed by atoms with E-state index in [2.05, 4.69) is 31.9 Å². The van der Waals surface area contributed by atoms with Crippen LogP contribution in [0.25, 0.3) is 0 Å². The lowest BCUT2D eigenvalue weighted by Gasteiger charge is -2.36. The van der Waals surface area contributed by atoms with E-state index in [1.54, 1.807) is 4.90 Å². The molecule has 2 atom stereocenters. The van der Waals surface area contributed by atoms with Crippen LogP contribution in [0.3, 0.4) is 0 Å². The molecule has 1 unspecified atom stereocenters. The third-order valence-corrected chi connectivity index (χ3v) is 6.40. The van der Waals surface area contributed by atoms with Gasteiger partial charge in [0, 0.05) is 25.9 Å². The normalized spacial score (nSPS) is 21.7. The number of carbonyl (C=O) groups is 1. The number of hydrogen-bond acceptors (Lipinski definition) is 2. The first kappa shape index (κ1) is 20.1. The van der Waals surface area contributed by atoms with Crippen LogP contribution in [0.2, 0.25) is 0 Å². The highest BCUT2D eigenvalue weighted by atomic mass is 79.9. The van der Waals surface area contributed by atoms with Crippen molar-refractivity contribution in [3.63, 3.8) is 0 Å². The summed E-state index contributed by atoms with van der Waals surface area (Å²) >= 11 is 6.88. The highest BCUT2D eigenvalue weighted by Gasteiger charge is 2.56. The average Bonchev–Trinajstić information content (AvgIpc) is 2.90. The SMILES string of the molecule is Cc1cccc(C2(O)[C@H](C)N(c3ccc(Br)cc3)C(=O)N2c2ccc(Br)cc2)c1. The molecule has 1 saturated heterocycles. The number of anilines is 2. The molecule has 0 bridgehead atoms. The van der Waals surface area contributed by atoms with Gasteiger partial charge in [-0.15, -0.1) is 0 Å². The zero-order valence-corrected chi connectivity index (χ0v) is 19.2. The third kappa shape index (κ3) is 3.39. The fraction of sp³-hybridized carbons (Fsp3) is 0.174. The Labute approximate surface area is 187 Å². The minimum atomic E-state index is -1.52. The molecule has 0 aliphatic carbocycles. The van der Waals surface area contributed by atoms with E-state index in [4.69, 9.17) is 0 Å². The average molecular weight is 516 g/mol. The quantitative estimate of drug-likeness (QED) is 0.451. The van der Waals surface area contributed by atoms with Gasteiger partial charge >= 0.3 is 6.03 Å². The second kappa shape index (κ2) is 7.59. The third-order valence-electron chi connectivity index (χ3n) is 5.34. The van der Waals surface area contributed by atoms with E-state index >= 15 is 0 Å². The van der Waals surface area contributed by atoms with E-state index < -0.39 is 11.8 Å². The summed E-state index contributed by atoms with van der Waals surface area (Å²) in [4.78, 5) is 16.8. The first-order chi connectivity index (χ1) is 13.8. The molecule has 29 heavy (non-hydrogen) atoms. The van der Waals surface area contributed by atoms with Crippen molar-refractivity contribution in [1.82, 2.24) is 0 Å². The second-order valence-corrected chi connectivity index (χ2v) is 9.04. The number of carbonyl (C=O) groups excluding carboxylic acids is 1. The molecular formula is C23H20Br2N2O2. The zero-order valence-electron chi connectivity index (χ0n) is 16.0. The number of nitrogens with zero attached hydrogens (tertiary/aromatic N) is 2. The maximum Gasteiger partial charge on any atom is 0.332 e. The fourth-order valence-electron chi connectivity index (χ4n) is 3.86. The molecule has 0 aromatic heterocycles. The first-order valence-electron chi connectivity index (χ1n) is 9.26. The molecule has 1 fully saturated rings. The molecule has 2 amide bonds. The minimum Gasteiger partial charge on any atom is -0.365 e. The molecule has 0 spiro atoms. The number of aliphatic hydroxyl groups is 1. The standard InChI is InChI=1S/C23H20Br2N2O2/c1-15-4-3-5-17(14-15)23(29)16(2)26(20-10-6-18(24)7-11-20)22(28)27(23)21-12-8-19(25)9-13-21/h3-14,16,29H,1-2H3/t16-,23?/m0/s1. The summed E-state index contributed by atoms with van der Waals surface area (Å²) in [5.74, 6) is 0. The predicted octanol–water partition coefficient (Wildman–Crippen LogP) is 6.20. The topological polar surface area (TPSA) is 43.8 Å². The molecule has 4 rings (SSSR count). The van der Waals surface area contributed by atoms with E-state index in [0.29, 0.717) is 11.3 Å². The summed E-state index contributed by atoms with van der Waals surface area (Å²) in [7, 11) is 0. The van der Waals surface area contributed by atoms with Crippen molar-refractivity contribution in [1.29, 1.82) is 0 Å². The van der Waals surface area contributed by atoms with Gasteiger partial charge in [0.05, 0.1) is 6.04 Å². The molecule has 6 heteroatoms. The number of amides is 2. The van der Waals surface area contributed by atoms with Crippen molar-refractivity contribution in [2.24, 2.45) is 0 Å².